The highest BCUT2D eigenvalue weighted by Gasteiger charge is 2.45. The van der Waals surface area contributed by atoms with Gasteiger partial charge in [-0.15, -0.1) is 0 Å². The van der Waals surface area contributed by atoms with E-state index in [4.69, 9.17) is 16.0 Å². The van der Waals surface area contributed by atoms with Crippen LogP contribution in [-0.4, -0.2) is 10.9 Å². The topological polar surface area (TPSA) is 46.3 Å². The molecule has 0 N–H and O–H groups in total. The molecule has 0 radical (unpaired) electrons. The molecule has 5 rings (SSSR count). The number of anilines is 2. The molecule has 0 saturated carbocycles. The molecule has 0 fully saturated rings. The number of oxazole rings is 1. The third-order valence-electron chi connectivity index (χ3n) is 5.26. The molecule has 0 atom stereocenters. The van der Waals surface area contributed by atoms with Gasteiger partial charge in [0.05, 0.1) is 11.1 Å². The molecular weight excluding hydrogens is 372 g/mol. The molecule has 1 aliphatic rings. The highest BCUT2D eigenvalue weighted by Crippen LogP contribution is 2.47. The van der Waals surface area contributed by atoms with Gasteiger partial charge in [-0.25, -0.2) is 4.98 Å². The van der Waals surface area contributed by atoms with Crippen LogP contribution in [0.4, 0.5) is 11.4 Å². The average Bonchev–Trinajstić information content (AvgIpc) is 3.20. The summed E-state index contributed by atoms with van der Waals surface area (Å²) < 4.78 is 6.02. The molecule has 1 amide bonds. The van der Waals surface area contributed by atoms with Gasteiger partial charge in [0, 0.05) is 22.3 Å². The lowest BCUT2D eigenvalue weighted by atomic mass is 9.86. The summed E-state index contributed by atoms with van der Waals surface area (Å²) >= 11 is 6.02. The summed E-state index contributed by atoms with van der Waals surface area (Å²) in [5, 5.41) is 0.632. The number of nitrogens with zero attached hydrogens (tertiary/aromatic N) is 2. The molecule has 0 bridgehead atoms. The minimum Gasteiger partial charge on any atom is -0.436 e. The van der Waals surface area contributed by atoms with Crippen molar-refractivity contribution in [2.45, 2.75) is 19.3 Å². The second-order valence-electron chi connectivity index (χ2n) is 7.46. The molecule has 1 aliphatic heterocycles. The van der Waals surface area contributed by atoms with Crippen molar-refractivity contribution in [1.29, 1.82) is 0 Å². The van der Waals surface area contributed by atoms with Crippen LogP contribution in [-0.2, 0) is 10.2 Å². The van der Waals surface area contributed by atoms with Crippen molar-refractivity contribution in [3.8, 4) is 11.5 Å². The predicted molar refractivity (Wildman–Crippen MR) is 111 cm³/mol. The van der Waals surface area contributed by atoms with Crippen molar-refractivity contribution in [2.24, 2.45) is 0 Å². The fourth-order valence-corrected chi connectivity index (χ4v) is 3.83. The van der Waals surface area contributed by atoms with Gasteiger partial charge < -0.3 is 4.42 Å². The van der Waals surface area contributed by atoms with E-state index in [1.807, 2.05) is 68.4 Å². The highest BCUT2D eigenvalue weighted by atomic mass is 35.5. The fourth-order valence-electron chi connectivity index (χ4n) is 3.70. The Morgan fingerprint density at radius 3 is 2.43 bits per heavy atom. The van der Waals surface area contributed by atoms with E-state index >= 15 is 0 Å². The first-order valence-electron chi connectivity index (χ1n) is 9.06. The molecule has 0 saturated heterocycles. The van der Waals surface area contributed by atoms with Crippen LogP contribution in [0.5, 0.6) is 0 Å². The number of hydrogen-bond acceptors (Lipinski definition) is 3. The number of fused-ring (bicyclic) bond motifs is 2. The van der Waals surface area contributed by atoms with Crippen LogP contribution >= 0.6 is 11.6 Å². The normalized spacial score (nSPS) is 15.2. The molecule has 0 aliphatic carbocycles. The summed E-state index contributed by atoms with van der Waals surface area (Å²) in [6.45, 7) is 3.88. The number of halogens is 1. The maximum absolute atomic E-state index is 13.2. The second-order valence-corrected chi connectivity index (χ2v) is 7.90. The number of hydrogen-bond donors (Lipinski definition) is 0. The highest BCUT2D eigenvalue weighted by molar-refractivity contribution is 6.30. The van der Waals surface area contributed by atoms with Crippen LogP contribution in [0.2, 0.25) is 5.02 Å². The Morgan fingerprint density at radius 2 is 1.71 bits per heavy atom. The average molecular weight is 389 g/mol. The van der Waals surface area contributed by atoms with Crippen LogP contribution in [0, 0.1) is 0 Å². The minimum absolute atomic E-state index is 0.0146. The Balaban J connectivity index is 1.70. The Kier molecular flexibility index (Phi) is 3.61. The van der Waals surface area contributed by atoms with Crippen LogP contribution in [0.1, 0.15) is 19.4 Å². The molecule has 0 spiro atoms. The van der Waals surface area contributed by atoms with Crippen molar-refractivity contribution in [1.82, 2.24) is 4.98 Å². The fraction of sp³-hybridized carbons (Fsp3) is 0.130. The SMILES string of the molecule is CC1(C)C(=O)N(c2ccc(Cl)cc2)c2cc3oc(-c4ccccc4)nc3cc21. The molecule has 4 aromatic rings. The Labute approximate surface area is 167 Å². The number of carbonyl (C=O) groups is 1. The lowest BCUT2D eigenvalue weighted by molar-refractivity contribution is -0.121. The van der Waals surface area contributed by atoms with Crippen molar-refractivity contribution in [3.05, 3.63) is 77.3 Å². The monoisotopic (exact) mass is 388 g/mol. The van der Waals surface area contributed by atoms with E-state index in [1.165, 1.54) is 0 Å². The number of aromatic nitrogens is 1. The van der Waals surface area contributed by atoms with Gasteiger partial charge in [-0.3, -0.25) is 9.69 Å². The van der Waals surface area contributed by atoms with E-state index in [-0.39, 0.29) is 5.91 Å². The third kappa shape index (κ3) is 2.45. The summed E-state index contributed by atoms with van der Waals surface area (Å²) in [6.07, 6.45) is 0. The Hall–Kier alpha value is -3.11. The Bertz CT molecular complexity index is 1210. The van der Waals surface area contributed by atoms with Crippen LogP contribution in [0.3, 0.4) is 0 Å². The number of amides is 1. The van der Waals surface area contributed by atoms with Crippen molar-refractivity contribution in [2.75, 3.05) is 4.90 Å². The van der Waals surface area contributed by atoms with E-state index < -0.39 is 5.41 Å². The van der Waals surface area contributed by atoms with E-state index in [2.05, 4.69) is 4.98 Å². The number of carbonyl (C=O) groups excluding carboxylic acids is 1. The van der Waals surface area contributed by atoms with Gasteiger partial charge in [0.15, 0.2) is 5.58 Å². The Morgan fingerprint density at radius 1 is 1.00 bits per heavy atom. The smallest absolute Gasteiger partial charge is 0.241 e. The molecule has 0 unspecified atom stereocenters. The van der Waals surface area contributed by atoms with E-state index in [1.54, 1.807) is 17.0 Å². The zero-order valence-electron chi connectivity index (χ0n) is 15.4. The summed E-state index contributed by atoms with van der Waals surface area (Å²) in [4.78, 5) is 19.6. The zero-order chi connectivity index (χ0) is 19.5. The second kappa shape index (κ2) is 5.94. The van der Waals surface area contributed by atoms with E-state index in [9.17, 15) is 4.79 Å². The third-order valence-corrected chi connectivity index (χ3v) is 5.52. The standard InChI is InChI=1S/C23H17ClN2O2/c1-23(2)17-12-18-20(28-21(25-18)14-6-4-3-5-7-14)13-19(17)26(22(23)27)16-10-8-15(24)9-11-16/h3-13H,1-2H3. The summed E-state index contributed by atoms with van der Waals surface area (Å²) in [7, 11) is 0. The first-order chi connectivity index (χ1) is 13.4. The molecule has 1 aromatic heterocycles. The van der Waals surface area contributed by atoms with Gasteiger partial charge in [0.2, 0.25) is 11.8 Å². The molecular formula is C23H17ClN2O2. The van der Waals surface area contributed by atoms with Gasteiger partial charge >= 0.3 is 0 Å². The van der Waals surface area contributed by atoms with E-state index in [0.29, 0.717) is 16.5 Å². The van der Waals surface area contributed by atoms with Crippen LogP contribution in [0.25, 0.3) is 22.6 Å². The van der Waals surface area contributed by atoms with E-state index in [0.717, 1.165) is 28.0 Å². The first-order valence-corrected chi connectivity index (χ1v) is 9.43. The van der Waals surface area contributed by atoms with Crippen LogP contribution in [0.15, 0.2) is 71.1 Å². The summed E-state index contributed by atoms with van der Waals surface area (Å²) in [6, 6.07) is 20.9. The molecule has 2 heterocycles. The molecule has 3 aromatic carbocycles. The number of benzene rings is 3. The maximum Gasteiger partial charge on any atom is 0.241 e. The summed E-state index contributed by atoms with van der Waals surface area (Å²) in [5.41, 5.74) is 4.20. The molecule has 138 valence electrons. The van der Waals surface area contributed by atoms with Gasteiger partial charge in [-0.1, -0.05) is 29.8 Å². The van der Waals surface area contributed by atoms with Crippen molar-refractivity contribution < 1.29 is 9.21 Å². The first kappa shape index (κ1) is 17.0. The largest absolute Gasteiger partial charge is 0.436 e. The zero-order valence-corrected chi connectivity index (χ0v) is 16.2. The van der Waals surface area contributed by atoms with Crippen LogP contribution < -0.4 is 4.90 Å². The van der Waals surface area contributed by atoms with Crippen molar-refractivity contribution in [3.63, 3.8) is 0 Å². The molecule has 5 heteroatoms. The lowest BCUT2D eigenvalue weighted by Gasteiger charge is -2.20. The van der Waals surface area contributed by atoms with Gasteiger partial charge in [-0.2, -0.15) is 0 Å². The number of rotatable bonds is 2. The summed E-state index contributed by atoms with van der Waals surface area (Å²) in [5.74, 6) is 0.585. The quantitative estimate of drug-likeness (QED) is 0.416. The van der Waals surface area contributed by atoms with Gasteiger partial charge in [0.1, 0.15) is 5.52 Å². The molecule has 4 nitrogen and oxygen atoms in total. The van der Waals surface area contributed by atoms with Gasteiger partial charge in [-0.05, 0) is 61.9 Å². The molecule has 28 heavy (non-hydrogen) atoms. The lowest BCUT2D eigenvalue weighted by Crippen LogP contribution is -2.33. The minimum atomic E-state index is -0.658. The maximum atomic E-state index is 13.2. The predicted octanol–water partition coefficient (Wildman–Crippen LogP) is 6.10. The van der Waals surface area contributed by atoms with Crippen molar-refractivity contribution >= 4 is 40.0 Å². The van der Waals surface area contributed by atoms with Gasteiger partial charge in [0.25, 0.3) is 0 Å².